The molecule has 0 saturated carbocycles. The second-order valence-corrected chi connectivity index (χ2v) is 13.4. The van der Waals surface area contributed by atoms with Gasteiger partial charge in [-0.05, 0) is 52.7 Å². The molecule has 2 amide bonds. The van der Waals surface area contributed by atoms with Crippen LogP contribution in [0.1, 0.15) is 52.7 Å². The molecule has 1 aromatic heterocycles. The highest BCUT2D eigenvalue weighted by Crippen LogP contribution is 2.30. The molecule has 3 rings (SSSR count). The summed E-state index contributed by atoms with van der Waals surface area (Å²) in [5.74, 6) is 0. The zero-order valence-electron chi connectivity index (χ0n) is 22.2. The molecular weight excluding hydrogens is 528 g/mol. The van der Waals surface area contributed by atoms with Crippen molar-refractivity contribution in [3.63, 3.8) is 0 Å². The number of sulfonamides is 1. The van der Waals surface area contributed by atoms with E-state index >= 15 is 0 Å². The van der Waals surface area contributed by atoms with Crippen molar-refractivity contribution in [2.75, 3.05) is 4.90 Å². The van der Waals surface area contributed by atoms with Crippen molar-refractivity contribution in [1.29, 1.82) is 0 Å². The van der Waals surface area contributed by atoms with Crippen LogP contribution in [0.2, 0.25) is 0 Å². The lowest BCUT2D eigenvalue weighted by atomic mass is 10.2. The fourth-order valence-corrected chi connectivity index (χ4v) is 5.48. The van der Waals surface area contributed by atoms with E-state index in [0.717, 1.165) is 5.56 Å². The Morgan fingerprint density at radius 2 is 1.24 bits per heavy atom. The van der Waals surface area contributed by atoms with Crippen LogP contribution in [0.5, 0.6) is 0 Å². The maximum atomic E-state index is 13.7. The van der Waals surface area contributed by atoms with E-state index < -0.39 is 37.8 Å². The number of rotatable bonds is 7. The number of carbonyl (C=O) groups excluding carboxylic acids is 2. The lowest BCUT2D eigenvalue weighted by Crippen LogP contribution is -2.40. The molecule has 0 N–H and O–H groups in total. The van der Waals surface area contributed by atoms with Gasteiger partial charge in [0.15, 0.2) is 0 Å². The molecule has 2 aromatic carbocycles. The van der Waals surface area contributed by atoms with Crippen LogP contribution in [0.3, 0.4) is 0 Å². The number of ether oxygens (including phenoxy) is 2. The Morgan fingerprint density at radius 3 is 1.74 bits per heavy atom. The highest BCUT2D eigenvalue weighted by atomic mass is 32.2. The number of aromatic nitrogens is 2. The predicted octanol–water partition coefficient (Wildman–Crippen LogP) is 5.61. The number of nitrogens with zero attached hydrogens (tertiary/aromatic N) is 4. The summed E-state index contributed by atoms with van der Waals surface area (Å²) in [6.45, 7) is 9.91. The Kier molecular flexibility index (Phi) is 8.78. The van der Waals surface area contributed by atoms with E-state index in [1.54, 1.807) is 71.9 Å². The van der Waals surface area contributed by atoms with Gasteiger partial charge in [-0.2, -0.15) is 12.7 Å². The number of hydrogen-bond donors (Lipinski definition) is 0. The van der Waals surface area contributed by atoms with Gasteiger partial charge in [0.2, 0.25) is 5.13 Å². The Morgan fingerprint density at radius 1 is 0.763 bits per heavy atom. The molecule has 0 saturated heterocycles. The standard InChI is InChI=1S/C26H32N4O6S2/c1-25(2,3)35-23(31)29(17-19-13-9-7-10-14-19)21-27-28-22(37-21)38(33,34)30(24(32)36-26(4,5)6)18-20-15-11-8-12-16-20/h7-16H,17-18H2,1-6H3. The Bertz CT molecular complexity index is 1350. The summed E-state index contributed by atoms with van der Waals surface area (Å²) < 4.78 is 38.4. The molecule has 0 unspecified atom stereocenters. The lowest BCUT2D eigenvalue weighted by molar-refractivity contribution is 0.0380. The summed E-state index contributed by atoms with van der Waals surface area (Å²) in [7, 11) is -4.49. The molecule has 1 heterocycles. The zero-order chi connectivity index (χ0) is 28.1. The first kappa shape index (κ1) is 29.1. The number of amides is 2. The summed E-state index contributed by atoms with van der Waals surface area (Å²) >= 11 is 0.661. The second-order valence-electron chi connectivity index (χ2n) is 10.4. The fraction of sp³-hybridized carbons (Fsp3) is 0.385. The SMILES string of the molecule is CC(C)(C)OC(=O)N(Cc1ccccc1)c1nnc(S(=O)(=O)N(Cc2ccccc2)C(=O)OC(C)(C)C)s1. The van der Waals surface area contributed by atoms with Crippen LogP contribution in [0.15, 0.2) is 65.0 Å². The number of hydrogen-bond acceptors (Lipinski definition) is 9. The summed E-state index contributed by atoms with van der Waals surface area (Å²) in [4.78, 5) is 27.3. The van der Waals surface area contributed by atoms with Gasteiger partial charge >= 0.3 is 12.2 Å². The van der Waals surface area contributed by atoms with Gasteiger partial charge in [0.05, 0.1) is 13.1 Å². The van der Waals surface area contributed by atoms with E-state index in [1.807, 2.05) is 30.3 Å². The van der Waals surface area contributed by atoms with Gasteiger partial charge in [0, 0.05) is 0 Å². The maximum absolute atomic E-state index is 13.7. The molecule has 3 aromatic rings. The van der Waals surface area contributed by atoms with E-state index in [2.05, 4.69) is 10.2 Å². The van der Waals surface area contributed by atoms with Crippen LogP contribution >= 0.6 is 11.3 Å². The van der Waals surface area contributed by atoms with Crippen molar-refractivity contribution in [1.82, 2.24) is 14.5 Å². The van der Waals surface area contributed by atoms with Gasteiger partial charge in [0.25, 0.3) is 14.4 Å². The topological polar surface area (TPSA) is 119 Å². The number of carbonyl (C=O) groups is 2. The quantitative estimate of drug-likeness (QED) is 0.342. The van der Waals surface area contributed by atoms with E-state index in [4.69, 9.17) is 9.47 Å². The van der Waals surface area contributed by atoms with E-state index in [9.17, 15) is 18.0 Å². The monoisotopic (exact) mass is 560 g/mol. The Balaban J connectivity index is 1.99. The van der Waals surface area contributed by atoms with Crippen molar-refractivity contribution < 1.29 is 27.5 Å². The van der Waals surface area contributed by atoms with E-state index in [-0.39, 0.29) is 18.2 Å². The van der Waals surface area contributed by atoms with Gasteiger partial charge in [-0.1, -0.05) is 72.0 Å². The Hall–Kier alpha value is -3.51. The number of benzene rings is 2. The van der Waals surface area contributed by atoms with Gasteiger partial charge in [-0.25, -0.2) is 14.5 Å². The zero-order valence-corrected chi connectivity index (χ0v) is 23.9. The van der Waals surface area contributed by atoms with Crippen LogP contribution in [-0.4, -0.2) is 46.3 Å². The molecule has 10 nitrogen and oxygen atoms in total. The third-order valence-corrected chi connectivity index (χ3v) is 7.71. The molecule has 0 aliphatic rings. The molecular formula is C26H32N4O6S2. The summed E-state index contributed by atoms with van der Waals surface area (Å²) in [5.41, 5.74) is -0.380. The van der Waals surface area contributed by atoms with Crippen molar-refractivity contribution in [2.45, 2.75) is 70.2 Å². The first-order valence-electron chi connectivity index (χ1n) is 11.8. The van der Waals surface area contributed by atoms with Crippen molar-refractivity contribution in [3.8, 4) is 0 Å². The van der Waals surface area contributed by atoms with Crippen LogP contribution in [0, 0.1) is 0 Å². The molecule has 0 radical (unpaired) electrons. The van der Waals surface area contributed by atoms with E-state index in [0.29, 0.717) is 21.2 Å². The lowest BCUT2D eigenvalue weighted by Gasteiger charge is -2.26. The average Bonchev–Trinajstić information content (AvgIpc) is 3.31. The molecule has 0 bridgehead atoms. The summed E-state index contributed by atoms with van der Waals surface area (Å²) in [6.07, 6.45) is -1.76. The first-order chi connectivity index (χ1) is 17.7. The molecule has 0 aliphatic carbocycles. The first-order valence-corrected chi connectivity index (χ1v) is 14.1. The highest BCUT2D eigenvalue weighted by Gasteiger charge is 2.37. The van der Waals surface area contributed by atoms with Crippen molar-refractivity contribution >= 4 is 38.7 Å². The highest BCUT2D eigenvalue weighted by molar-refractivity contribution is 7.91. The van der Waals surface area contributed by atoms with Crippen LogP contribution in [0.4, 0.5) is 14.7 Å². The average molecular weight is 561 g/mol. The van der Waals surface area contributed by atoms with Crippen LogP contribution < -0.4 is 4.90 Å². The van der Waals surface area contributed by atoms with Gasteiger partial charge in [-0.15, -0.1) is 10.2 Å². The molecule has 0 spiro atoms. The molecule has 38 heavy (non-hydrogen) atoms. The molecule has 0 atom stereocenters. The Labute approximate surface area is 227 Å². The van der Waals surface area contributed by atoms with E-state index in [1.165, 1.54) is 4.90 Å². The third kappa shape index (κ3) is 7.99. The van der Waals surface area contributed by atoms with Crippen LogP contribution in [-0.2, 0) is 32.6 Å². The normalized spacial score (nSPS) is 12.1. The second kappa shape index (κ2) is 11.5. The maximum Gasteiger partial charge on any atom is 0.424 e. The predicted molar refractivity (Wildman–Crippen MR) is 144 cm³/mol. The minimum absolute atomic E-state index is 0.00512. The minimum Gasteiger partial charge on any atom is -0.443 e. The van der Waals surface area contributed by atoms with Crippen molar-refractivity contribution in [3.05, 3.63) is 71.8 Å². The molecule has 0 aliphatic heterocycles. The fourth-order valence-electron chi connectivity index (χ4n) is 3.11. The summed E-state index contributed by atoms with van der Waals surface area (Å²) in [5, 5.41) is 7.85. The third-order valence-electron chi connectivity index (χ3n) is 4.70. The molecule has 204 valence electrons. The van der Waals surface area contributed by atoms with Gasteiger partial charge in [0.1, 0.15) is 11.2 Å². The van der Waals surface area contributed by atoms with Crippen LogP contribution in [0.25, 0.3) is 0 Å². The number of anilines is 1. The minimum atomic E-state index is -4.49. The van der Waals surface area contributed by atoms with Gasteiger partial charge in [-0.3, -0.25) is 0 Å². The van der Waals surface area contributed by atoms with Crippen molar-refractivity contribution in [2.24, 2.45) is 0 Å². The molecule has 12 heteroatoms. The largest absolute Gasteiger partial charge is 0.443 e. The van der Waals surface area contributed by atoms with Gasteiger partial charge < -0.3 is 9.47 Å². The summed E-state index contributed by atoms with van der Waals surface area (Å²) in [6, 6.07) is 17.8. The molecule has 0 fully saturated rings. The smallest absolute Gasteiger partial charge is 0.424 e.